The van der Waals surface area contributed by atoms with Crippen LogP contribution in [0.15, 0.2) is 24.3 Å². The fourth-order valence-electron chi connectivity index (χ4n) is 2.16. The Morgan fingerprint density at radius 3 is 2.71 bits per heavy atom. The molecule has 4 heteroatoms. The van der Waals surface area contributed by atoms with Gasteiger partial charge in [-0.2, -0.15) is 0 Å². The third-order valence-electron chi connectivity index (χ3n) is 3.00. The van der Waals surface area contributed by atoms with Gasteiger partial charge < -0.3 is 16.0 Å². The lowest BCUT2D eigenvalue weighted by molar-refractivity contribution is -0.116. The third kappa shape index (κ3) is 2.97. The van der Waals surface area contributed by atoms with Crippen LogP contribution in [0.5, 0.6) is 0 Å². The highest BCUT2D eigenvalue weighted by molar-refractivity contribution is 5.94. The van der Waals surface area contributed by atoms with E-state index in [-0.39, 0.29) is 5.91 Å². The summed E-state index contributed by atoms with van der Waals surface area (Å²) < 4.78 is 0. The zero-order valence-corrected chi connectivity index (χ0v) is 9.98. The lowest BCUT2D eigenvalue weighted by Gasteiger charge is -2.21. The highest BCUT2D eigenvalue weighted by Crippen LogP contribution is 2.28. The fraction of sp³-hybridized carbons (Fsp3) is 0.462. The average molecular weight is 233 g/mol. The molecule has 0 unspecified atom stereocenters. The first kappa shape index (κ1) is 11.9. The van der Waals surface area contributed by atoms with Crippen LogP contribution in [0, 0.1) is 0 Å². The minimum absolute atomic E-state index is 0.0147. The molecule has 4 nitrogen and oxygen atoms in total. The molecule has 3 N–H and O–H groups in total. The summed E-state index contributed by atoms with van der Waals surface area (Å²) in [5, 5.41) is 2.93. The molecular formula is C13H19N3O. The second-order valence-corrected chi connectivity index (χ2v) is 4.30. The van der Waals surface area contributed by atoms with Gasteiger partial charge in [-0.1, -0.05) is 12.1 Å². The first-order valence-electron chi connectivity index (χ1n) is 6.15. The highest BCUT2D eigenvalue weighted by Gasteiger charge is 2.16. The summed E-state index contributed by atoms with van der Waals surface area (Å²) in [7, 11) is 0. The first-order chi connectivity index (χ1) is 8.31. The molecule has 2 rings (SSSR count). The maximum Gasteiger partial charge on any atom is 0.225 e. The monoisotopic (exact) mass is 233 g/mol. The Morgan fingerprint density at radius 1 is 1.29 bits per heavy atom. The number of hydrogen-bond acceptors (Lipinski definition) is 3. The van der Waals surface area contributed by atoms with Crippen LogP contribution in [0.25, 0.3) is 0 Å². The summed E-state index contributed by atoms with van der Waals surface area (Å²) in [5.41, 5.74) is 7.39. The molecule has 17 heavy (non-hydrogen) atoms. The number of nitrogens with one attached hydrogen (secondary N) is 1. The summed E-state index contributed by atoms with van der Waals surface area (Å²) >= 11 is 0. The maximum absolute atomic E-state index is 11.6. The van der Waals surface area contributed by atoms with Crippen molar-refractivity contribution in [3.05, 3.63) is 24.3 Å². The smallest absolute Gasteiger partial charge is 0.225 e. The van der Waals surface area contributed by atoms with Crippen molar-refractivity contribution < 1.29 is 4.79 Å². The van der Waals surface area contributed by atoms with Gasteiger partial charge in [0.05, 0.1) is 11.4 Å². The number of rotatable bonds is 4. The van der Waals surface area contributed by atoms with Gasteiger partial charge in [0.1, 0.15) is 0 Å². The number of amides is 1. The SMILES string of the molecule is NCCC(=O)Nc1ccccc1N1CCCC1. The van der Waals surface area contributed by atoms with Crippen molar-refractivity contribution in [3.8, 4) is 0 Å². The van der Waals surface area contributed by atoms with Gasteiger partial charge >= 0.3 is 0 Å². The molecule has 1 saturated heterocycles. The molecule has 0 bridgehead atoms. The first-order valence-corrected chi connectivity index (χ1v) is 6.15. The summed E-state index contributed by atoms with van der Waals surface area (Å²) in [6.45, 7) is 2.53. The highest BCUT2D eigenvalue weighted by atomic mass is 16.1. The maximum atomic E-state index is 11.6. The quantitative estimate of drug-likeness (QED) is 0.830. The Kier molecular flexibility index (Phi) is 3.98. The van der Waals surface area contributed by atoms with Crippen molar-refractivity contribution in [1.82, 2.24) is 0 Å². The van der Waals surface area contributed by atoms with Crippen LogP contribution in [0.2, 0.25) is 0 Å². The molecule has 1 aromatic rings. The van der Waals surface area contributed by atoms with Crippen LogP contribution >= 0.6 is 0 Å². The van der Waals surface area contributed by atoms with Crippen molar-refractivity contribution in [2.75, 3.05) is 29.9 Å². The standard InChI is InChI=1S/C13H19N3O/c14-8-7-13(17)15-11-5-1-2-6-12(11)16-9-3-4-10-16/h1-2,5-6H,3-4,7-10,14H2,(H,15,17). The lowest BCUT2D eigenvalue weighted by atomic mass is 10.2. The van der Waals surface area contributed by atoms with Crippen LogP contribution in [0.3, 0.4) is 0 Å². The molecule has 1 fully saturated rings. The number of anilines is 2. The van der Waals surface area contributed by atoms with E-state index in [1.165, 1.54) is 12.8 Å². The largest absolute Gasteiger partial charge is 0.370 e. The van der Waals surface area contributed by atoms with E-state index >= 15 is 0 Å². The normalized spacial score (nSPS) is 15.0. The number of carbonyl (C=O) groups excluding carboxylic acids is 1. The van der Waals surface area contributed by atoms with Crippen LogP contribution in [-0.4, -0.2) is 25.5 Å². The Morgan fingerprint density at radius 2 is 2.00 bits per heavy atom. The topological polar surface area (TPSA) is 58.4 Å². The second-order valence-electron chi connectivity index (χ2n) is 4.30. The molecule has 92 valence electrons. The van der Waals surface area contributed by atoms with Crippen molar-refractivity contribution in [2.24, 2.45) is 5.73 Å². The van der Waals surface area contributed by atoms with Gasteiger partial charge in [0, 0.05) is 26.1 Å². The zero-order chi connectivity index (χ0) is 12.1. The number of nitrogens with two attached hydrogens (primary N) is 1. The number of carbonyl (C=O) groups is 1. The second kappa shape index (κ2) is 5.68. The minimum atomic E-state index is -0.0147. The predicted octanol–water partition coefficient (Wildman–Crippen LogP) is 1.57. The van der Waals surface area contributed by atoms with Gasteiger partial charge in [-0.25, -0.2) is 0 Å². The Balaban J connectivity index is 2.12. The number of nitrogens with zero attached hydrogens (tertiary/aromatic N) is 1. The van der Waals surface area contributed by atoms with Gasteiger partial charge in [0.25, 0.3) is 0 Å². The molecule has 0 atom stereocenters. The van der Waals surface area contributed by atoms with Crippen LogP contribution in [0.1, 0.15) is 19.3 Å². The van der Waals surface area contributed by atoms with E-state index in [9.17, 15) is 4.79 Å². The predicted molar refractivity (Wildman–Crippen MR) is 70.2 cm³/mol. The molecule has 1 heterocycles. The van der Waals surface area contributed by atoms with Gasteiger partial charge in [-0.3, -0.25) is 4.79 Å². The van der Waals surface area contributed by atoms with E-state index in [2.05, 4.69) is 16.3 Å². The zero-order valence-electron chi connectivity index (χ0n) is 9.98. The van der Waals surface area contributed by atoms with E-state index in [1.54, 1.807) is 0 Å². The Bertz CT molecular complexity index is 386. The number of hydrogen-bond donors (Lipinski definition) is 2. The molecule has 1 aliphatic heterocycles. The van der Waals surface area contributed by atoms with Gasteiger partial charge in [0.15, 0.2) is 0 Å². The van der Waals surface area contributed by atoms with E-state index < -0.39 is 0 Å². The average Bonchev–Trinajstić information content (AvgIpc) is 2.83. The number of benzene rings is 1. The summed E-state index contributed by atoms with van der Waals surface area (Å²) in [5.74, 6) is -0.0147. The molecular weight excluding hydrogens is 214 g/mol. The molecule has 0 radical (unpaired) electrons. The Labute approximate surface area is 102 Å². The van der Waals surface area contributed by atoms with E-state index in [0.717, 1.165) is 24.5 Å². The third-order valence-corrected chi connectivity index (χ3v) is 3.00. The van der Waals surface area contributed by atoms with Crippen molar-refractivity contribution in [1.29, 1.82) is 0 Å². The fourth-order valence-corrected chi connectivity index (χ4v) is 2.16. The van der Waals surface area contributed by atoms with Crippen molar-refractivity contribution in [3.63, 3.8) is 0 Å². The molecule has 1 amide bonds. The van der Waals surface area contributed by atoms with Crippen molar-refractivity contribution in [2.45, 2.75) is 19.3 Å². The molecule has 0 aromatic heterocycles. The van der Waals surface area contributed by atoms with Crippen LogP contribution in [0.4, 0.5) is 11.4 Å². The summed E-state index contributed by atoms with van der Waals surface area (Å²) in [6, 6.07) is 7.95. The van der Waals surface area contributed by atoms with Crippen LogP contribution in [-0.2, 0) is 4.79 Å². The summed E-state index contributed by atoms with van der Waals surface area (Å²) in [4.78, 5) is 13.9. The molecule has 1 aromatic carbocycles. The minimum Gasteiger partial charge on any atom is -0.370 e. The lowest BCUT2D eigenvalue weighted by Crippen LogP contribution is -2.22. The molecule has 0 spiro atoms. The van der Waals surface area contributed by atoms with Gasteiger partial charge in [-0.15, -0.1) is 0 Å². The van der Waals surface area contributed by atoms with Crippen molar-refractivity contribution >= 4 is 17.3 Å². The Hall–Kier alpha value is -1.55. The van der Waals surface area contributed by atoms with Gasteiger partial charge in [-0.05, 0) is 25.0 Å². The van der Waals surface area contributed by atoms with Crippen LogP contribution < -0.4 is 16.0 Å². The molecule has 1 aliphatic rings. The number of para-hydroxylation sites is 2. The van der Waals surface area contributed by atoms with E-state index in [0.29, 0.717) is 13.0 Å². The molecule has 0 saturated carbocycles. The van der Waals surface area contributed by atoms with E-state index in [4.69, 9.17) is 5.73 Å². The van der Waals surface area contributed by atoms with Gasteiger partial charge in [0.2, 0.25) is 5.91 Å². The van der Waals surface area contributed by atoms with E-state index in [1.807, 2.05) is 18.2 Å². The molecule has 0 aliphatic carbocycles. The summed E-state index contributed by atoms with van der Waals surface area (Å²) in [6.07, 6.45) is 2.82.